The van der Waals surface area contributed by atoms with Gasteiger partial charge in [0.2, 0.25) is 6.41 Å². The van der Waals surface area contributed by atoms with Crippen molar-refractivity contribution in [3.8, 4) is 9.88 Å². The molecule has 1 aromatic carbocycles. The largest absolute Gasteiger partial charge is 0.324 e. The Kier molecular flexibility index (Phi) is 3.86. The van der Waals surface area contributed by atoms with Gasteiger partial charge in [-0.1, -0.05) is 11.3 Å². The van der Waals surface area contributed by atoms with E-state index in [1.165, 1.54) is 23.5 Å². The lowest BCUT2D eigenvalue weighted by molar-refractivity contribution is -0.380. The molecule has 0 saturated heterocycles. The number of rotatable bonds is 4. The van der Waals surface area contributed by atoms with Gasteiger partial charge in [0.25, 0.3) is 5.91 Å². The zero-order valence-corrected chi connectivity index (χ0v) is 13.0. The summed E-state index contributed by atoms with van der Waals surface area (Å²) >= 11 is 2.34. The fourth-order valence-electron chi connectivity index (χ4n) is 1.90. The average molecular weight is 348 g/mol. The van der Waals surface area contributed by atoms with Crippen molar-refractivity contribution in [2.24, 2.45) is 5.84 Å². The van der Waals surface area contributed by atoms with E-state index >= 15 is 0 Å². The second-order valence-electron chi connectivity index (χ2n) is 4.41. The third kappa shape index (κ3) is 2.82. The molecule has 0 unspecified atom stereocenters. The van der Waals surface area contributed by atoms with Crippen LogP contribution in [0.3, 0.4) is 0 Å². The van der Waals surface area contributed by atoms with E-state index in [4.69, 9.17) is 5.84 Å². The molecule has 0 bridgehead atoms. The SMILES string of the molecule is NN(C=O)C(=O)c1ccc2nc(-c3ccc([N+](=O)[O-])s3)sc2c1. The highest BCUT2D eigenvalue weighted by Gasteiger charge is 2.16. The highest BCUT2D eigenvalue weighted by molar-refractivity contribution is 7.26. The van der Waals surface area contributed by atoms with E-state index in [1.807, 2.05) is 0 Å². The van der Waals surface area contributed by atoms with Gasteiger partial charge < -0.3 is 0 Å². The topological polar surface area (TPSA) is 119 Å². The second-order valence-corrected chi connectivity index (χ2v) is 6.51. The number of nitro groups is 1. The molecule has 2 amide bonds. The van der Waals surface area contributed by atoms with Gasteiger partial charge in [0.1, 0.15) is 5.01 Å². The average Bonchev–Trinajstić information content (AvgIpc) is 3.18. The van der Waals surface area contributed by atoms with Crippen LogP contribution in [-0.2, 0) is 4.79 Å². The number of hydrogen-bond donors (Lipinski definition) is 1. The van der Waals surface area contributed by atoms with Crippen LogP contribution in [0.5, 0.6) is 0 Å². The Bertz CT molecular complexity index is 933. The first-order chi connectivity index (χ1) is 11.0. The van der Waals surface area contributed by atoms with Gasteiger partial charge in [0, 0.05) is 11.6 Å². The van der Waals surface area contributed by atoms with Crippen molar-refractivity contribution in [3.63, 3.8) is 0 Å². The van der Waals surface area contributed by atoms with Crippen molar-refractivity contribution < 1.29 is 14.5 Å². The standard InChI is InChI=1S/C13H8N4O4S2/c14-16(6-18)13(19)7-1-2-8-10(5-7)23-12(15-8)9-3-4-11(22-9)17(20)21/h1-6H,14H2. The van der Waals surface area contributed by atoms with Gasteiger partial charge in [-0.05, 0) is 24.3 Å². The van der Waals surface area contributed by atoms with E-state index < -0.39 is 10.8 Å². The molecule has 0 spiro atoms. The van der Waals surface area contributed by atoms with E-state index in [-0.39, 0.29) is 17.0 Å². The molecular formula is C13H8N4O4S2. The van der Waals surface area contributed by atoms with E-state index in [0.717, 1.165) is 16.0 Å². The summed E-state index contributed by atoms with van der Waals surface area (Å²) in [6.45, 7) is 0. The summed E-state index contributed by atoms with van der Waals surface area (Å²) in [5.41, 5.74) is 0.923. The molecule has 8 nitrogen and oxygen atoms in total. The minimum absolute atomic E-state index is 0.0416. The monoisotopic (exact) mass is 348 g/mol. The summed E-state index contributed by atoms with van der Waals surface area (Å²) in [6, 6.07) is 7.82. The molecule has 3 rings (SSSR count). The Hall–Kier alpha value is -2.69. The number of thiazole rings is 1. The molecule has 2 N–H and O–H groups in total. The first kappa shape index (κ1) is 15.2. The molecule has 0 fully saturated rings. The maximum atomic E-state index is 11.9. The van der Waals surface area contributed by atoms with Crippen LogP contribution in [0.2, 0.25) is 0 Å². The zero-order valence-electron chi connectivity index (χ0n) is 11.3. The Morgan fingerprint density at radius 3 is 2.74 bits per heavy atom. The Balaban J connectivity index is 2.00. The molecule has 10 heteroatoms. The summed E-state index contributed by atoms with van der Waals surface area (Å²) in [5.74, 6) is 4.64. The minimum Gasteiger partial charge on any atom is -0.277 e. The van der Waals surface area contributed by atoms with Crippen LogP contribution in [-0.4, -0.2) is 27.2 Å². The van der Waals surface area contributed by atoms with Crippen LogP contribution in [0.25, 0.3) is 20.1 Å². The van der Waals surface area contributed by atoms with E-state index in [0.29, 0.717) is 20.4 Å². The van der Waals surface area contributed by atoms with Crippen molar-refractivity contribution in [3.05, 3.63) is 46.0 Å². The van der Waals surface area contributed by atoms with Gasteiger partial charge in [-0.15, -0.1) is 11.3 Å². The second kappa shape index (κ2) is 5.83. The van der Waals surface area contributed by atoms with Crippen LogP contribution in [0, 0.1) is 10.1 Å². The molecule has 2 aromatic heterocycles. The zero-order chi connectivity index (χ0) is 16.6. The fraction of sp³-hybridized carbons (Fsp3) is 0. The predicted molar refractivity (Wildman–Crippen MR) is 86.0 cm³/mol. The molecule has 0 aliphatic rings. The highest BCUT2D eigenvalue weighted by Crippen LogP contribution is 2.37. The maximum absolute atomic E-state index is 11.9. The van der Waals surface area contributed by atoms with Gasteiger partial charge in [-0.25, -0.2) is 15.8 Å². The summed E-state index contributed by atoms with van der Waals surface area (Å²) in [5, 5.41) is 11.9. The Labute approximate surface area is 136 Å². The lowest BCUT2D eigenvalue weighted by Crippen LogP contribution is -2.35. The molecular weight excluding hydrogens is 340 g/mol. The van der Waals surface area contributed by atoms with E-state index in [2.05, 4.69) is 4.98 Å². The maximum Gasteiger partial charge on any atom is 0.324 e. The third-order valence-corrected chi connectivity index (χ3v) is 5.19. The first-order valence-electron chi connectivity index (χ1n) is 6.18. The van der Waals surface area contributed by atoms with Crippen LogP contribution in [0.1, 0.15) is 10.4 Å². The van der Waals surface area contributed by atoms with Crippen molar-refractivity contribution in [1.82, 2.24) is 9.99 Å². The van der Waals surface area contributed by atoms with Gasteiger partial charge in [0.05, 0.1) is 20.0 Å². The van der Waals surface area contributed by atoms with Crippen LogP contribution >= 0.6 is 22.7 Å². The summed E-state index contributed by atoms with van der Waals surface area (Å²) in [6.07, 6.45) is 0.232. The molecule has 0 radical (unpaired) electrons. The van der Waals surface area contributed by atoms with Gasteiger partial charge in [-0.3, -0.25) is 19.7 Å². The molecule has 0 aliphatic carbocycles. The predicted octanol–water partition coefficient (Wildman–Crippen LogP) is 2.41. The number of fused-ring (bicyclic) bond motifs is 1. The smallest absolute Gasteiger partial charge is 0.277 e. The lowest BCUT2D eigenvalue weighted by atomic mass is 10.2. The number of nitrogens with zero attached hydrogens (tertiary/aromatic N) is 3. The highest BCUT2D eigenvalue weighted by atomic mass is 32.1. The number of nitrogens with two attached hydrogens (primary N) is 1. The Morgan fingerprint density at radius 1 is 1.30 bits per heavy atom. The van der Waals surface area contributed by atoms with E-state index in [9.17, 15) is 19.7 Å². The number of benzene rings is 1. The van der Waals surface area contributed by atoms with Crippen LogP contribution in [0.4, 0.5) is 5.00 Å². The minimum atomic E-state index is -0.622. The number of carbonyl (C=O) groups excluding carboxylic acids is 2. The Morgan fingerprint density at radius 2 is 2.09 bits per heavy atom. The number of amides is 2. The van der Waals surface area contributed by atoms with Crippen molar-refractivity contribution in [2.75, 3.05) is 0 Å². The van der Waals surface area contributed by atoms with E-state index in [1.54, 1.807) is 18.2 Å². The quantitative estimate of drug-likeness (QED) is 0.254. The number of hydrogen-bond acceptors (Lipinski definition) is 8. The summed E-state index contributed by atoms with van der Waals surface area (Å²) < 4.78 is 0.723. The normalized spacial score (nSPS) is 10.7. The number of imide groups is 1. The number of thiophene rings is 1. The molecule has 23 heavy (non-hydrogen) atoms. The van der Waals surface area contributed by atoms with Crippen molar-refractivity contribution >= 4 is 50.2 Å². The number of hydrazine groups is 1. The molecule has 116 valence electrons. The van der Waals surface area contributed by atoms with Gasteiger partial charge in [0.15, 0.2) is 0 Å². The summed E-state index contributed by atoms with van der Waals surface area (Å²) in [7, 11) is 0. The van der Waals surface area contributed by atoms with Gasteiger partial charge in [-0.2, -0.15) is 0 Å². The number of aromatic nitrogens is 1. The molecule has 2 heterocycles. The lowest BCUT2D eigenvalue weighted by Gasteiger charge is -2.07. The van der Waals surface area contributed by atoms with Crippen LogP contribution in [0.15, 0.2) is 30.3 Å². The molecule has 0 saturated carbocycles. The molecule has 0 atom stereocenters. The molecule has 0 aliphatic heterocycles. The van der Waals surface area contributed by atoms with Crippen molar-refractivity contribution in [2.45, 2.75) is 0 Å². The fourth-order valence-corrected chi connectivity index (χ4v) is 3.78. The van der Waals surface area contributed by atoms with Crippen molar-refractivity contribution in [1.29, 1.82) is 0 Å². The van der Waals surface area contributed by atoms with Crippen LogP contribution < -0.4 is 5.84 Å². The van der Waals surface area contributed by atoms with Gasteiger partial charge >= 0.3 is 5.00 Å². The summed E-state index contributed by atoms with van der Waals surface area (Å²) in [4.78, 5) is 37.8. The molecule has 3 aromatic rings. The third-order valence-electron chi connectivity index (χ3n) is 2.97. The first-order valence-corrected chi connectivity index (χ1v) is 7.81. The number of carbonyl (C=O) groups is 2.